The second-order valence-electron chi connectivity index (χ2n) is 5.73. The van der Waals surface area contributed by atoms with E-state index in [-0.39, 0.29) is 18.3 Å². The van der Waals surface area contributed by atoms with Gasteiger partial charge in [0.1, 0.15) is 0 Å². The number of thioether (sulfide) groups is 1. The number of anilines is 1. The summed E-state index contributed by atoms with van der Waals surface area (Å²) in [6.45, 7) is -0.377. The molecule has 142 valence electrons. The molecule has 0 aliphatic heterocycles. The molecule has 0 spiro atoms. The summed E-state index contributed by atoms with van der Waals surface area (Å²) in [5, 5.41) is 3.23. The lowest BCUT2D eigenvalue weighted by atomic mass is 10.2. The van der Waals surface area contributed by atoms with Crippen LogP contribution in [-0.2, 0) is 14.3 Å². The summed E-state index contributed by atoms with van der Waals surface area (Å²) in [7, 11) is 3.33. The van der Waals surface area contributed by atoms with E-state index in [1.807, 2.05) is 0 Å². The Labute approximate surface area is 166 Å². The van der Waals surface area contributed by atoms with Gasteiger partial charge in [0.25, 0.3) is 11.8 Å². The van der Waals surface area contributed by atoms with Gasteiger partial charge >= 0.3 is 5.97 Å². The van der Waals surface area contributed by atoms with Gasteiger partial charge in [0.15, 0.2) is 6.61 Å². The second kappa shape index (κ2) is 9.99. The van der Waals surface area contributed by atoms with E-state index in [1.54, 1.807) is 62.6 Å². The highest BCUT2D eigenvalue weighted by Crippen LogP contribution is 2.20. The molecular formula is C19H19ClN2O4S. The average Bonchev–Trinajstić information content (AvgIpc) is 2.66. The molecule has 0 aliphatic rings. The van der Waals surface area contributed by atoms with Crippen molar-refractivity contribution in [3.8, 4) is 0 Å². The van der Waals surface area contributed by atoms with Crippen molar-refractivity contribution < 1.29 is 19.1 Å². The molecule has 0 atom stereocenters. The smallest absolute Gasteiger partial charge is 0.316 e. The molecule has 6 nitrogen and oxygen atoms in total. The Morgan fingerprint density at radius 2 is 1.67 bits per heavy atom. The van der Waals surface area contributed by atoms with Gasteiger partial charge in [-0.3, -0.25) is 14.4 Å². The Hall–Kier alpha value is -2.51. The highest BCUT2D eigenvalue weighted by atomic mass is 35.5. The lowest BCUT2D eigenvalue weighted by molar-refractivity contribution is -0.144. The van der Waals surface area contributed by atoms with E-state index in [9.17, 15) is 14.4 Å². The van der Waals surface area contributed by atoms with Crippen LogP contribution >= 0.6 is 23.4 Å². The zero-order chi connectivity index (χ0) is 19.8. The van der Waals surface area contributed by atoms with Gasteiger partial charge in [-0.2, -0.15) is 0 Å². The third kappa shape index (κ3) is 6.96. The molecule has 0 aliphatic carbocycles. The third-order valence-corrected chi connectivity index (χ3v) is 4.59. The molecule has 2 amide bonds. The van der Waals surface area contributed by atoms with Crippen molar-refractivity contribution in [1.82, 2.24) is 4.90 Å². The quantitative estimate of drug-likeness (QED) is 0.564. The predicted molar refractivity (Wildman–Crippen MR) is 106 cm³/mol. The van der Waals surface area contributed by atoms with Crippen LogP contribution in [0.25, 0.3) is 0 Å². The molecule has 0 fully saturated rings. The number of hydrogen-bond donors (Lipinski definition) is 1. The van der Waals surface area contributed by atoms with Crippen molar-refractivity contribution in [2.45, 2.75) is 4.90 Å². The molecule has 1 N–H and O–H groups in total. The van der Waals surface area contributed by atoms with Crippen molar-refractivity contribution in [1.29, 1.82) is 0 Å². The Morgan fingerprint density at radius 1 is 1.04 bits per heavy atom. The maximum atomic E-state index is 11.9. The lowest BCUT2D eigenvalue weighted by Gasteiger charge is -2.11. The number of esters is 1. The Balaban J connectivity index is 1.74. The summed E-state index contributed by atoms with van der Waals surface area (Å²) >= 11 is 7.10. The van der Waals surface area contributed by atoms with Crippen LogP contribution < -0.4 is 5.32 Å². The summed E-state index contributed by atoms with van der Waals surface area (Å²) in [4.78, 5) is 37.8. The van der Waals surface area contributed by atoms with Crippen LogP contribution in [0.5, 0.6) is 0 Å². The molecule has 2 aromatic rings. The highest BCUT2D eigenvalue weighted by Gasteiger charge is 2.10. The molecule has 0 bridgehead atoms. The van der Waals surface area contributed by atoms with E-state index in [0.717, 1.165) is 4.90 Å². The SMILES string of the molecule is CN(C)C(=O)c1ccc(NC(=O)COC(=O)CSc2ccc(Cl)cc2)cc1. The lowest BCUT2D eigenvalue weighted by Crippen LogP contribution is -2.22. The van der Waals surface area contributed by atoms with E-state index in [0.29, 0.717) is 16.3 Å². The standard InChI is InChI=1S/C19H19ClN2O4S/c1-22(2)19(25)13-3-7-15(8-4-13)21-17(23)11-26-18(24)12-27-16-9-5-14(20)6-10-16/h3-10H,11-12H2,1-2H3,(H,21,23). The number of nitrogens with zero attached hydrogens (tertiary/aromatic N) is 1. The number of benzene rings is 2. The van der Waals surface area contributed by atoms with Crippen molar-refractivity contribution in [3.63, 3.8) is 0 Å². The minimum Gasteiger partial charge on any atom is -0.455 e. The Kier molecular flexibility index (Phi) is 7.69. The van der Waals surface area contributed by atoms with Crippen molar-refractivity contribution in [2.24, 2.45) is 0 Å². The molecule has 8 heteroatoms. The Morgan fingerprint density at radius 3 is 2.26 bits per heavy atom. The maximum Gasteiger partial charge on any atom is 0.316 e. The minimum absolute atomic E-state index is 0.0935. The van der Waals surface area contributed by atoms with Crippen molar-refractivity contribution in [3.05, 3.63) is 59.1 Å². The summed E-state index contributed by atoms with van der Waals surface area (Å²) in [6, 6.07) is 13.6. The molecule has 0 aromatic heterocycles. The number of ether oxygens (including phenoxy) is 1. The van der Waals surface area contributed by atoms with E-state index < -0.39 is 11.9 Å². The average molecular weight is 407 g/mol. The highest BCUT2D eigenvalue weighted by molar-refractivity contribution is 8.00. The number of carbonyl (C=O) groups is 3. The van der Waals surface area contributed by atoms with Crippen LogP contribution in [-0.4, -0.2) is 49.1 Å². The number of hydrogen-bond acceptors (Lipinski definition) is 5. The van der Waals surface area contributed by atoms with E-state index in [1.165, 1.54) is 16.7 Å². The largest absolute Gasteiger partial charge is 0.455 e. The Bertz CT molecular complexity index is 807. The number of rotatable bonds is 7. The third-order valence-electron chi connectivity index (χ3n) is 3.36. The molecule has 2 aromatic carbocycles. The van der Waals surface area contributed by atoms with Gasteiger partial charge < -0.3 is 15.0 Å². The summed E-state index contributed by atoms with van der Waals surface area (Å²) < 4.78 is 4.96. The van der Waals surface area contributed by atoms with Crippen molar-refractivity contribution >= 4 is 46.8 Å². The summed E-state index contributed by atoms with van der Waals surface area (Å²) in [5.74, 6) is -0.973. The topological polar surface area (TPSA) is 75.7 Å². The first-order valence-electron chi connectivity index (χ1n) is 8.00. The molecule has 0 heterocycles. The fourth-order valence-corrected chi connectivity index (χ4v) is 2.83. The van der Waals surface area contributed by atoms with Gasteiger partial charge in [0, 0.05) is 35.3 Å². The van der Waals surface area contributed by atoms with Crippen LogP contribution in [0.2, 0.25) is 5.02 Å². The number of amides is 2. The fourth-order valence-electron chi connectivity index (χ4n) is 2.01. The zero-order valence-corrected chi connectivity index (χ0v) is 16.5. The van der Waals surface area contributed by atoms with Crippen LogP contribution in [0.15, 0.2) is 53.4 Å². The van der Waals surface area contributed by atoms with Crippen LogP contribution in [0, 0.1) is 0 Å². The van der Waals surface area contributed by atoms with Gasteiger partial charge in [0.2, 0.25) is 0 Å². The fraction of sp³-hybridized carbons (Fsp3) is 0.211. The van der Waals surface area contributed by atoms with Crippen LogP contribution in [0.3, 0.4) is 0 Å². The molecule has 2 rings (SSSR count). The monoisotopic (exact) mass is 406 g/mol. The van der Waals surface area contributed by atoms with Gasteiger partial charge in [-0.1, -0.05) is 11.6 Å². The van der Waals surface area contributed by atoms with Gasteiger partial charge in [0.05, 0.1) is 5.75 Å². The zero-order valence-electron chi connectivity index (χ0n) is 14.9. The number of carbonyl (C=O) groups excluding carboxylic acids is 3. The first-order valence-corrected chi connectivity index (χ1v) is 9.37. The minimum atomic E-state index is -0.489. The maximum absolute atomic E-state index is 11.9. The molecule has 0 radical (unpaired) electrons. The van der Waals surface area contributed by atoms with Gasteiger partial charge in [-0.15, -0.1) is 11.8 Å². The number of nitrogens with one attached hydrogen (secondary N) is 1. The van der Waals surface area contributed by atoms with E-state index in [4.69, 9.17) is 16.3 Å². The van der Waals surface area contributed by atoms with Crippen molar-refractivity contribution in [2.75, 3.05) is 31.8 Å². The molecule has 27 heavy (non-hydrogen) atoms. The first-order chi connectivity index (χ1) is 12.8. The summed E-state index contributed by atoms with van der Waals surface area (Å²) in [5.41, 5.74) is 1.03. The molecular weight excluding hydrogens is 388 g/mol. The van der Waals surface area contributed by atoms with Gasteiger partial charge in [-0.05, 0) is 48.5 Å². The molecule has 0 unspecified atom stereocenters. The normalized spacial score (nSPS) is 10.2. The van der Waals surface area contributed by atoms with Crippen LogP contribution in [0.4, 0.5) is 5.69 Å². The van der Waals surface area contributed by atoms with E-state index in [2.05, 4.69) is 5.32 Å². The molecule has 0 saturated heterocycles. The van der Waals surface area contributed by atoms with E-state index >= 15 is 0 Å². The molecule has 0 saturated carbocycles. The first kappa shape index (κ1) is 20.8. The predicted octanol–water partition coefficient (Wildman–Crippen LogP) is 3.32. The second-order valence-corrected chi connectivity index (χ2v) is 7.21. The number of halogens is 1. The van der Waals surface area contributed by atoms with Gasteiger partial charge in [-0.25, -0.2) is 0 Å². The van der Waals surface area contributed by atoms with Crippen LogP contribution in [0.1, 0.15) is 10.4 Å². The summed E-state index contributed by atoms with van der Waals surface area (Å²) in [6.07, 6.45) is 0.